The van der Waals surface area contributed by atoms with Gasteiger partial charge in [-0.05, 0) is 55.3 Å². The summed E-state index contributed by atoms with van der Waals surface area (Å²) in [5, 5.41) is 0. The van der Waals surface area contributed by atoms with Crippen LogP contribution in [0.15, 0.2) is 47.3 Å². The van der Waals surface area contributed by atoms with Crippen LogP contribution in [0.5, 0.6) is 5.75 Å². The van der Waals surface area contributed by atoms with Gasteiger partial charge in [0, 0.05) is 13.0 Å². The zero-order chi connectivity index (χ0) is 13.6. The molecule has 0 saturated carbocycles. The van der Waals surface area contributed by atoms with E-state index >= 15 is 0 Å². The van der Waals surface area contributed by atoms with Crippen LogP contribution < -0.4 is 4.74 Å². The van der Waals surface area contributed by atoms with Gasteiger partial charge in [-0.15, -0.1) is 0 Å². The van der Waals surface area contributed by atoms with Gasteiger partial charge in [0.2, 0.25) is 0 Å². The van der Waals surface area contributed by atoms with Gasteiger partial charge in [-0.25, -0.2) is 0 Å². The number of rotatable bonds is 6. The molecule has 2 aromatic rings. The number of ether oxygens (including phenoxy) is 1. The number of hydrogen-bond donors (Lipinski definition) is 0. The van der Waals surface area contributed by atoms with Gasteiger partial charge in [0.25, 0.3) is 0 Å². The number of nitrogens with zero attached hydrogens (tertiary/aromatic N) is 1. The smallest absolute Gasteiger partial charge is 0.119 e. The highest BCUT2D eigenvalue weighted by Crippen LogP contribution is 2.16. The van der Waals surface area contributed by atoms with E-state index in [0.717, 1.165) is 25.3 Å². The van der Waals surface area contributed by atoms with Crippen LogP contribution in [0.4, 0.5) is 0 Å². The van der Waals surface area contributed by atoms with Crippen LogP contribution in [-0.2, 0) is 6.42 Å². The Balaban J connectivity index is 1.46. The average Bonchev–Trinajstić information content (AvgIpc) is 3.14. The van der Waals surface area contributed by atoms with Gasteiger partial charge in [-0.1, -0.05) is 12.1 Å². The molecule has 106 valence electrons. The van der Waals surface area contributed by atoms with Crippen LogP contribution in [0.25, 0.3) is 0 Å². The zero-order valence-corrected chi connectivity index (χ0v) is 11.8. The molecular formula is C17H21NO2. The Morgan fingerprint density at radius 2 is 1.80 bits per heavy atom. The topological polar surface area (TPSA) is 25.6 Å². The minimum Gasteiger partial charge on any atom is -0.492 e. The number of furan rings is 1. The summed E-state index contributed by atoms with van der Waals surface area (Å²) in [5.74, 6) is 0.958. The summed E-state index contributed by atoms with van der Waals surface area (Å²) in [5.41, 5.74) is 2.48. The molecule has 1 saturated heterocycles. The first-order valence-electron chi connectivity index (χ1n) is 7.35. The van der Waals surface area contributed by atoms with Crippen molar-refractivity contribution < 1.29 is 9.15 Å². The summed E-state index contributed by atoms with van der Waals surface area (Å²) in [6.45, 7) is 4.28. The van der Waals surface area contributed by atoms with Crippen molar-refractivity contribution in [2.75, 3.05) is 26.2 Å². The number of benzene rings is 1. The molecule has 0 spiro atoms. The van der Waals surface area contributed by atoms with Crippen molar-refractivity contribution in [1.29, 1.82) is 0 Å². The molecule has 0 unspecified atom stereocenters. The summed E-state index contributed by atoms with van der Waals surface area (Å²) in [6.07, 6.45) is 7.08. The molecule has 0 aliphatic carbocycles. The highest BCUT2D eigenvalue weighted by Gasteiger charge is 2.10. The van der Waals surface area contributed by atoms with E-state index in [1.807, 2.05) is 6.07 Å². The number of hydrogen-bond acceptors (Lipinski definition) is 3. The van der Waals surface area contributed by atoms with Crippen molar-refractivity contribution in [3.63, 3.8) is 0 Å². The highest BCUT2D eigenvalue weighted by molar-refractivity contribution is 5.30. The quantitative estimate of drug-likeness (QED) is 0.805. The van der Waals surface area contributed by atoms with Crippen LogP contribution in [0.1, 0.15) is 24.0 Å². The Kier molecular flexibility index (Phi) is 4.38. The lowest BCUT2D eigenvalue weighted by molar-refractivity contribution is 0.238. The third kappa shape index (κ3) is 3.64. The molecule has 20 heavy (non-hydrogen) atoms. The van der Waals surface area contributed by atoms with Gasteiger partial charge in [0.05, 0.1) is 12.5 Å². The third-order valence-electron chi connectivity index (χ3n) is 3.79. The molecule has 2 heterocycles. The molecule has 3 heteroatoms. The first kappa shape index (κ1) is 13.3. The molecule has 3 rings (SSSR count). The minimum absolute atomic E-state index is 0.779. The second kappa shape index (κ2) is 6.62. The fourth-order valence-electron chi connectivity index (χ4n) is 2.63. The standard InChI is InChI=1S/C17H21NO2/c1-2-9-18(8-1)10-12-20-17-5-3-15(4-6-17)13-16-7-11-19-14-16/h3-7,11,14H,1-2,8-10,12-13H2. The van der Waals surface area contributed by atoms with E-state index in [1.54, 1.807) is 12.5 Å². The van der Waals surface area contributed by atoms with Gasteiger partial charge >= 0.3 is 0 Å². The molecule has 1 aromatic carbocycles. The van der Waals surface area contributed by atoms with Crippen molar-refractivity contribution in [1.82, 2.24) is 4.90 Å². The van der Waals surface area contributed by atoms with E-state index in [1.165, 1.54) is 37.1 Å². The van der Waals surface area contributed by atoms with Gasteiger partial charge in [-0.2, -0.15) is 0 Å². The summed E-state index contributed by atoms with van der Waals surface area (Å²) in [4.78, 5) is 2.47. The normalized spacial score (nSPS) is 15.6. The summed E-state index contributed by atoms with van der Waals surface area (Å²) in [7, 11) is 0. The van der Waals surface area contributed by atoms with Crippen molar-refractivity contribution in [3.8, 4) is 5.75 Å². The first-order chi connectivity index (χ1) is 9.90. The Morgan fingerprint density at radius 3 is 2.50 bits per heavy atom. The van der Waals surface area contributed by atoms with E-state index in [4.69, 9.17) is 9.15 Å². The second-order valence-corrected chi connectivity index (χ2v) is 5.35. The Hall–Kier alpha value is -1.74. The van der Waals surface area contributed by atoms with Gasteiger partial charge in [-0.3, -0.25) is 4.90 Å². The van der Waals surface area contributed by atoms with Crippen LogP contribution >= 0.6 is 0 Å². The predicted molar refractivity (Wildman–Crippen MR) is 79.1 cm³/mol. The lowest BCUT2D eigenvalue weighted by Crippen LogP contribution is -2.25. The molecule has 1 aliphatic heterocycles. The van der Waals surface area contributed by atoms with Crippen molar-refractivity contribution in [2.24, 2.45) is 0 Å². The summed E-state index contributed by atoms with van der Waals surface area (Å²) < 4.78 is 10.9. The first-order valence-corrected chi connectivity index (χ1v) is 7.35. The maximum absolute atomic E-state index is 5.80. The van der Waals surface area contributed by atoms with E-state index in [-0.39, 0.29) is 0 Å². The summed E-state index contributed by atoms with van der Waals surface area (Å²) in [6, 6.07) is 10.4. The van der Waals surface area contributed by atoms with Crippen LogP contribution in [0, 0.1) is 0 Å². The Bertz CT molecular complexity index is 498. The second-order valence-electron chi connectivity index (χ2n) is 5.35. The molecule has 0 radical (unpaired) electrons. The van der Waals surface area contributed by atoms with E-state index < -0.39 is 0 Å². The molecule has 1 aliphatic rings. The molecule has 0 atom stereocenters. The molecule has 3 nitrogen and oxygen atoms in total. The Morgan fingerprint density at radius 1 is 1.00 bits per heavy atom. The molecule has 1 aromatic heterocycles. The van der Waals surface area contributed by atoms with E-state index in [2.05, 4.69) is 29.2 Å². The predicted octanol–water partition coefficient (Wildman–Crippen LogP) is 3.35. The van der Waals surface area contributed by atoms with Crippen LogP contribution in [-0.4, -0.2) is 31.1 Å². The maximum atomic E-state index is 5.80. The fourth-order valence-corrected chi connectivity index (χ4v) is 2.63. The van der Waals surface area contributed by atoms with Gasteiger partial charge in [0.1, 0.15) is 12.4 Å². The average molecular weight is 271 g/mol. The lowest BCUT2D eigenvalue weighted by atomic mass is 10.1. The van der Waals surface area contributed by atoms with Crippen molar-refractivity contribution >= 4 is 0 Å². The fraction of sp³-hybridized carbons (Fsp3) is 0.412. The van der Waals surface area contributed by atoms with Crippen LogP contribution in [0.3, 0.4) is 0 Å². The van der Waals surface area contributed by atoms with Crippen molar-refractivity contribution in [3.05, 3.63) is 54.0 Å². The minimum atomic E-state index is 0.779. The SMILES string of the molecule is c1cc(Cc2ccc(OCCN3CCCC3)cc2)co1. The largest absolute Gasteiger partial charge is 0.492 e. The summed E-state index contributed by atoms with van der Waals surface area (Å²) >= 11 is 0. The van der Waals surface area contributed by atoms with Crippen molar-refractivity contribution in [2.45, 2.75) is 19.3 Å². The van der Waals surface area contributed by atoms with E-state index in [9.17, 15) is 0 Å². The molecule has 1 fully saturated rings. The third-order valence-corrected chi connectivity index (χ3v) is 3.79. The van der Waals surface area contributed by atoms with Gasteiger partial charge in [0.15, 0.2) is 0 Å². The van der Waals surface area contributed by atoms with Crippen LogP contribution in [0.2, 0.25) is 0 Å². The molecular weight excluding hydrogens is 250 g/mol. The van der Waals surface area contributed by atoms with E-state index in [0.29, 0.717) is 0 Å². The van der Waals surface area contributed by atoms with Gasteiger partial charge < -0.3 is 9.15 Å². The lowest BCUT2D eigenvalue weighted by Gasteiger charge is -2.15. The molecule has 0 amide bonds. The highest BCUT2D eigenvalue weighted by atomic mass is 16.5. The monoisotopic (exact) mass is 271 g/mol. The number of likely N-dealkylation sites (tertiary alicyclic amines) is 1. The maximum Gasteiger partial charge on any atom is 0.119 e. The molecule has 0 N–H and O–H groups in total. The Labute approximate surface area is 120 Å². The molecule has 0 bridgehead atoms. The zero-order valence-electron chi connectivity index (χ0n) is 11.8.